The molecule has 0 unspecified atom stereocenters. The molecule has 1 N–H and O–H groups in total. The number of fused-ring (bicyclic) bond motifs is 2. The molecule has 1 aromatic heterocycles. The number of benzene rings is 3. The Labute approximate surface area is 145 Å². The topological polar surface area (TPSA) is 56.3 Å². The van der Waals surface area contributed by atoms with E-state index in [1.165, 1.54) is 0 Å². The summed E-state index contributed by atoms with van der Waals surface area (Å²) >= 11 is 0. The van der Waals surface area contributed by atoms with Crippen molar-refractivity contribution in [1.29, 1.82) is 0 Å². The third-order valence-electron chi connectivity index (χ3n) is 4.08. The molecule has 5 nitrogen and oxygen atoms in total. The summed E-state index contributed by atoms with van der Waals surface area (Å²) in [5.74, 6) is 2.07. The van der Waals surface area contributed by atoms with Crippen LogP contribution in [0.4, 0.5) is 11.5 Å². The number of nitrogens with zero attached hydrogens (tertiary/aromatic N) is 2. The van der Waals surface area contributed by atoms with Crippen LogP contribution in [0.15, 0.2) is 60.8 Å². The number of aromatic nitrogens is 2. The molecule has 0 fully saturated rings. The van der Waals surface area contributed by atoms with Gasteiger partial charge in [0.05, 0.1) is 37.1 Å². The molecule has 4 aromatic rings. The number of anilines is 2. The monoisotopic (exact) mass is 331 g/mol. The van der Waals surface area contributed by atoms with E-state index in [-0.39, 0.29) is 0 Å². The lowest BCUT2D eigenvalue weighted by Gasteiger charge is -2.12. The molecule has 0 spiro atoms. The highest BCUT2D eigenvalue weighted by Crippen LogP contribution is 2.31. The van der Waals surface area contributed by atoms with Gasteiger partial charge in [0.25, 0.3) is 0 Å². The van der Waals surface area contributed by atoms with Crippen LogP contribution < -0.4 is 14.8 Å². The van der Waals surface area contributed by atoms with E-state index in [2.05, 4.69) is 33.5 Å². The van der Waals surface area contributed by atoms with Crippen molar-refractivity contribution in [3.63, 3.8) is 0 Å². The molecule has 5 heteroatoms. The minimum absolute atomic E-state index is 0.659. The van der Waals surface area contributed by atoms with Gasteiger partial charge >= 0.3 is 0 Å². The van der Waals surface area contributed by atoms with Gasteiger partial charge in [0.2, 0.25) is 0 Å². The van der Waals surface area contributed by atoms with Crippen molar-refractivity contribution in [1.82, 2.24) is 9.97 Å². The SMILES string of the molecule is COc1ccc(Nc2cnc3cc4ccccc4cc3n2)c(OC)c1. The van der Waals surface area contributed by atoms with E-state index in [9.17, 15) is 0 Å². The molecule has 0 aliphatic rings. The maximum Gasteiger partial charge on any atom is 0.149 e. The summed E-state index contributed by atoms with van der Waals surface area (Å²) in [6.45, 7) is 0. The average Bonchev–Trinajstić information content (AvgIpc) is 2.66. The number of methoxy groups -OCH3 is 2. The minimum atomic E-state index is 0.659. The fraction of sp³-hybridized carbons (Fsp3) is 0.100. The average molecular weight is 331 g/mol. The van der Waals surface area contributed by atoms with Crippen molar-refractivity contribution in [3.05, 3.63) is 60.8 Å². The molecule has 3 aromatic carbocycles. The molecule has 25 heavy (non-hydrogen) atoms. The fourth-order valence-electron chi connectivity index (χ4n) is 2.80. The molecule has 0 radical (unpaired) electrons. The summed E-state index contributed by atoms with van der Waals surface area (Å²) in [7, 11) is 3.25. The smallest absolute Gasteiger partial charge is 0.149 e. The molecule has 0 saturated carbocycles. The van der Waals surface area contributed by atoms with Crippen LogP contribution in [0.25, 0.3) is 21.8 Å². The largest absolute Gasteiger partial charge is 0.497 e. The van der Waals surface area contributed by atoms with Crippen molar-refractivity contribution in [2.75, 3.05) is 19.5 Å². The third-order valence-corrected chi connectivity index (χ3v) is 4.08. The molecular formula is C20H17N3O2. The van der Waals surface area contributed by atoms with Gasteiger partial charge in [-0.3, -0.25) is 4.98 Å². The lowest BCUT2D eigenvalue weighted by Crippen LogP contribution is -1.98. The predicted molar refractivity (Wildman–Crippen MR) is 99.9 cm³/mol. The second kappa shape index (κ2) is 6.28. The Kier molecular flexibility index (Phi) is 3.82. The zero-order chi connectivity index (χ0) is 17.2. The van der Waals surface area contributed by atoms with Crippen molar-refractivity contribution in [2.45, 2.75) is 0 Å². The van der Waals surface area contributed by atoms with Crippen LogP contribution in [0, 0.1) is 0 Å². The highest BCUT2D eigenvalue weighted by atomic mass is 16.5. The summed E-state index contributed by atoms with van der Waals surface area (Å²) in [4.78, 5) is 9.20. The Bertz CT molecular complexity index is 1060. The van der Waals surface area contributed by atoms with Crippen LogP contribution in [0.2, 0.25) is 0 Å². The molecule has 4 rings (SSSR count). The predicted octanol–water partition coefficient (Wildman–Crippen LogP) is 4.54. The van der Waals surface area contributed by atoms with Crippen molar-refractivity contribution in [3.8, 4) is 11.5 Å². The molecular weight excluding hydrogens is 314 g/mol. The highest BCUT2D eigenvalue weighted by molar-refractivity contribution is 5.95. The standard InChI is InChI=1S/C20H17N3O2/c1-24-15-7-8-16(19(11-15)25-2)22-20-12-21-17-9-13-5-3-4-6-14(13)10-18(17)23-20/h3-12H,1-2H3,(H,22,23). The van der Waals surface area contributed by atoms with Gasteiger partial charge < -0.3 is 14.8 Å². The van der Waals surface area contributed by atoms with Gasteiger partial charge in [-0.25, -0.2) is 4.98 Å². The quantitative estimate of drug-likeness (QED) is 0.556. The van der Waals surface area contributed by atoms with Crippen LogP contribution in [0.3, 0.4) is 0 Å². The van der Waals surface area contributed by atoms with Crippen molar-refractivity contribution < 1.29 is 9.47 Å². The van der Waals surface area contributed by atoms with E-state index in [1.54, 1.807) is 20.4 Å². The van der Waals surface area contributed by atoms with Gasteiger partial charge in [-0.15, -0.1) is 0 Å². The first-order valence-corrected chi connectivity index (χ1v) is 7.91. The van der Waals surface area contributed by atoms with Crippen LogP contribution >= 0.6 is 0 Å². The van der Waals surface area contributed by atoms with Gasteiger partial charge in [-0.05, 0) is 35.0 Å². The summed E-state index contributed by atoms with van der Waals surface area (Å²) in [5, 5.41) is 5.56. The zero-order valence-electron chi connectivity index (χ0n) is 14.0. The first kappa shape index (κ1) is 15.2. The van der Waals surface area contributed by atoms with Crippen molar-refractivity contribution >= 4 is 33.3 Å². The van der Waals surface area contributed by atoms with Crippen molar-refractivity contribution in [2.24, 2.45) is 0 Å². The number of ether oxygens (including phenoxy) is 2. The van der Waals surface area contributed by atoms with E-state index < -0.39 is 0 Å². The van der Waals surface area contributed by atoms with Gasteiger partial charge in [0, 0.05) is 6.07 Å². The van der Waals surface area contributed by atoms with E-state index in [4.69, 9.17) is 9.47 Å². The maximum atomic E-state index is 5.41. The minimum Gasteiger partial charge on any atom is -0.497 e. The Balaban J connectivity index is 1.73. The van der Waals surface area contributed by atoms with Crippen LogP contribution in [0.5, 0.6) is 11.5 Å². The summed E-state index contributed by atoms with van der Waals surface area (Å²) < 4.78 is 10.6. The Morgan fingerprint density at radius 2 is 1.60 bits per heavy atom. The lowest BCUT2D eigenvalue weighted by atomic mass is 10.1. The van der Waals surface area contributed by atoms with Crippen LogP contribution in [0.1, 0.15) is 0 Å². The second-order valence-corrected chi connectivity index (χ2v) is 5.63. The summed E-state index contributed by atoms with van der Waals surface area (Å²) in [6.07, 6.45) is 1.72. The van der Waals surface area contributed by atoms with E-state index in [1.807, 2.05) is 36.4 Å². The summed E-state index contributed by atoms with van der Waals surface area (Å²) in [5.41, 5.74) is 2.51. The van der Waals surface area contributed by atoms with Gasteiger partial charge in [-0.2, -0.15) is 0 Å². The lowest BCUT2D eigenvalue weighted by molar-refractivity contribution is 0.395. The Hall–Kier alpha value is -3.34. The molecule has 0 aliphatic carbocycles. The second-order valence-electron chi connectivity index (χ2n) is 5.63. The molecule has 124 valence electrons. The first-order chi connectivity index (χ1) is 12.3. The normalized spacial score (nSPS) is 10.8. The molecule has 0 atom stereocenters. The number of nitrogens with one attached hydrogen (secondary N) is 1. The number of hydrogen-bond acceptors (Lipinski definition) is 5. The van der Waals surface area contributed by atoms with Crippen LogP contribution in [-0.4, -0.2) is 24.2 Å². The first-order valence-electron chi connectivity index (χ1n) is 7.91. The van der Waals surface area contributed by atoms with E-state index >= 15 is 0 Å². The van der Waals surface area contributed by atoms with Gasteiger partial charge in [-0.1, -0.05) is 24.3 Å². The molecule has 0 bridgehead atoms. The van der Waals surface area contributed by atoms with E-state index in [0.29, 0.717) is 11.6 Å². The van der Waals surface area contributed by atoms with Gasteiger partial charge in [0.1, 0.15) is 17.3 Å². The third kappa shape index (κ3) is 2.92. The number of hydrogen-bond donors (Lipinski definition) is 1. The summed E-state index contributed by atoms with van der Waals surface area (Å²) in [6, 6.07) is 17.9. The Morgan fingerprint density at radius 3 is 2.32 bits per heavy atom. The van der Waals surface area contributed by atoms with E-state index in [0.717, 1.165) is 33.2 Å². The molecule has 1 heterocycles. The Morgan fingerprint density at radius 1 is 0.840 bits per heavy atom. The fourth-order valence-corrected chi connectivity index (χ4v) is 2.80. The molecule has 0 aliphatic heterocycles. The highest BCUT2D eigenvalue weighted by Gasteiger charge is 2.08. The number of rotatable bonds is 4. The maximum absolute atomic E-state index is 5.41. The van der Waals surface area contributed by atoms with Crippen LogP contribution in [-0.2, 0) is 0 Å². The van der Waals surface area contributed by atoms with Gasteiger partial charge in [0.15, 0.2) is 0 Å². The zero-order valence-corrected chi connectivity index (χ0v) is 14.0. The molecule has 0 saturated heterocycles. The molecule has 0 amide bonds.